The molecule has 3 N–H and O–H groups in total. The SMILES string of the molecule is CCOCCN(CC)CC(N)(CO)c1ccccc1. The van der Waals surface area contributed by atoms with Crippen LogP contribution in [-0.2, 0) is 10.3 Å². The summed E-state index contributed by atoms with van der Waals surface area (Å²) in [5.74, 6) is 0. The molecular formula is C15H26N2O2. The van der Waals surface area contributed by atoms with E-state index in [1.54, 1.807) is 0 Å². The van der Waals surface area contributed by atoms with Crippen LogP contribution in [0.3, 0.4) is 0 Å². The Morgan fingerprint density at radius 3 is 2.47 bits per heavy atom. The van der Waals surface area contributed by atoms with Gasteiger partial charge in [0.05, 0.1) is 18.8 Å². The number of nitrogens with two attached hydrogens (primary N) is 1. The lowest BCUT2D eigenvalue weighted by Crippen LogP contribution is -2.51. The van der Waals surface area contributed by atoms with Crippen LogP contribution in [0.5, 0.6) is 0 Å². The average molecular weight is 266 g/mol. The lowest BCUT2D eigenvalue weighted by Gasteiger charge is -2.34. The molecule has 19 heavy (non-hydrogen) atoms. The van der Waals surface area contributed by atoms with Gasteiger partial charge in [0.15, 0.2) is 0 Å². The standard InChI is InChI=1S/C15H26N2O2/c1-3-17(10-11-19-4-2)12-15(16,13-18)14-8-6-5-7-9-14/h5-9,18H,3-4,10-13,16H2,1-2H3. The zero-order chi connectivity index (χ0) is 14.1. The fourth-order valence-corrected chi connectivity index (χ4v) is 2.09. The molecule has 1 aromatic rings. The topological polar surface area (TPSA) is 58.7 Å². The summed E-state index contributed by atoms with van der Waals surface area (Å²) < 4.78 is 5.37. The van der Waals surface area contributed by atoms with Crippen molar-refractivity contribution in [1.82, 2.24) is 4.90 Å². The van der Waals surface area contributed by atoms with Crippen LogP contribution in [0.25, 0.3) is 0 Å². The van der Waals surface area contributed by atoms with Gasteiger partial charge in [-0.15, -0.1) is 0 Å². The van der Waals surface area contributed by atoms with Crippen molar-refractivity contribution in [2.24, 2.45) is 5.73 Å². The molecule has 0 radical (unpaired) electrons. The van der Waals surface area contributed by atoms with E-state index in [0.29, 0.717) is 13.2 Å². The highest BCUT2D eigenvalue weighted by atomic mass is 16.5. The second-order valence-electron chi connectivity index (χ2n) is 4.75. The highest BCUT2D eigenvalue weighted by Crippen LogP contribution is 2.19. The quantitative estimate of drug-likeness (QED) is 0.659. The maximum atomic E-state index is 9.67. The van der Waals surface area contributed by atoms with Gasteiger partial charge in [-0.1, -0.05) is 37.3 Å². The lowest BCUT2D eigenvalue weighted by atomic mass is 9.91. The van der Waals surface area contributed by atoms with Gasteiger partial charge in [0.1, 0.15) is 0 Å². The number of aliphatic hydroxyl groups excluding tert-OH is 1. The van der Waals surface area contributed by atoms with Gasteiger partial charge < -0.3 is 15.6 Å². The van der Waals surface area contributed by atoms with Crippen LogP contribution < -0.4 is 5.73 Å². The number of benzene rings is 1. The molecule has 0 aromatic heterocycles. The van der Waals surface area contributed by atoms with Gasteiger partial charge in [-0.3, -0.25) is 4.90 Å². The summed E-state index contributed by atoms with van der Waals surface area (Å²) in [7, 11) is 0. The first-order valence-electron chi connectivity index (χ1n) is 6.91. The van der Waals surface area contributed by atoms with Crippen molar-refractivity contribution in [3.63, 3.8) is 0 Å². The average Bonchev–Trinajstić information content (AvgIpc) is 2.47. The van der Waals surface area contributed by atoms with Crippen LogP contribution in [0.15, 0.2) is 30.3 Å². The fourth-order valence-electron chi connectivity index (χ4n) is 2.09. The number of rotatable bonds is 9. The van der Waals surface area contributed by atoms with Gasteiger partial charge in [-0.25, -0.2) is 0 Å². The maximum absolute atomic E-state index is 9.67. The molecular weight excluding hydrogens is 240 g/mol. The molecule has 0 aliphatic carbocycles. The molecule has 1 aromatic carbocycles. The van der Waals surface area contributed by atoms with Crippen molar-refractivity contribution in [3.8, 4) is 0 Å². The van der Waals surface area contributed by atoms with Crippen molar-refractivity contribution in [1.29, 1.82) is 0 Å². The Kier molecular flexibility index (Phi) is 7.02. The molecule has 108 valence electrons. The zero-order valence-corrected chi connectivity index (χ0v) is 12.0. The molecule has 0 spiro atoms. The minimum absolute atomic E-state index is 0.0673. The van der Waals surface area contributed by atoms with E-state index >= 15 is 0 Å². The smallest absolute Gasteiger partial charge is 0.0772 e. The van der Waals surface area contributed by atoms with Crippen molar-refractivity contribution in [2.45, 2.75) is 19.4 Å². The number of hydrogen-bond donors (Lipinski definition) is 2. The molecule has 0 bridgehead atoms. The molecule has 0 heterocycles. The van der Waals surface area contributed by atoms with Gasteiger partial charge >= 0.3 is 0 Å². The van der Waals surface area contributed by atoms with Crippen LogP contribution in [0.4, 0.5) is 0 Å². The highest BCUT2D eigenvalue weighted by molar-refractivity contribution is 5.24. The van der Waals surface area contributed by atoms with E-state index in [4.69, 9.17) is 10.5 Å². The normalized spacial score (nSPS) is 14.6. The Balaban J connectivity index is 2.68. The Morgan fingerprint density at radius 1 is 1.26 bits per heavy atom. The summed E-state index contributed by atoms with van der Waals surface area (Å²) in [5.41, 5.74) is 6.61. The number of ether oxygens (including phenoxy) is 1. The van der Waals surface area contributed by atoms with Gasteiger partial charge in [0.2, 0.25) is 0 Å². The number of likely N-dealkylation sites (N-methyl/N-ethyl adjacent to an activating group) is 1. The van der Waals surface area contributed by atoms with Gasteiger partial charge in [0.25, 0.3) is 0 Å². The molecule has 0 saturated carbocycles. The summed E-state index contributed by atoms with van der Waals surface area (Å²) >= 11 is 0. The third-order valence-corrected chi connectivity index (χ3v) is 3.34. The first kappa shape index (κ1) is 16.1. The predicted molar refractivity (Wildman–Crippen MR) is 78.0 cm³/mol. The van der Waals surface area contributed by atoms with Crippen LogP contribution in [0.1, 0.15) is 19.4 Å². The van der Waals surface area contributed by atoms with E-state index in [2.05, 4.69) is 11.8 Å². The number of nitrogens with zero attached hydrogens (tertiary/aromatic N) is 1. The van der Waals surface area contributed by atoms with Crippen LogP contribution in [0, 0.1) is 0 Å². The van der Waals surface area contributed by atoms with E-state index in [0.717, 1.165) is 25.3 Å². The predicted octanol–water partition coefficient (Wildman–Crippen LogP) is 1.19. The summed E-state index contributed by atoms with van der Waals surface area (Å²) in [6, 6.07) is 9.78. The molecule has 0 aliphatic rings. The Hall–Kier alpha value is -0.940. The maximum Gasteiger partial charge on any atom is 0.0772 e. The van der Waals surface area contributed by atoms with Crippen molar-refractivity contribution in [3.05, 3.63) is 35.9 Å². The van der Waals surface area contributed by atoms with Crippen LogP contribution in [-0.4, -0.2) is 49.5 Å². The van der Waals surface area contributed by atoms with Crippen LogP contribution in [0.2, 0.25) is 0 Å². The summed E-state index contributed by atoms with van der Waals surface area (Å²) in [5, 5.41) is 9.67. The fraction of sp³-hybridized carbons (Fsp3) is 0.600. The highest BCUT2D eigenvalue weighted by Gasteiger charge is 2.28. The minimum Gasteiger partial charge on any atom is -0.394 e. The van der Waals surface area contributed by atoms with Gasteiger partial charge in [0, 0.05) is 19.7 Å². The molecule has 4 heteroatoms. The van der Waals surface area contributed by atoms with Gasteiger partial charge in [-0.05, 0) is 19.0 Å². The van der Waals surface area contributed by atoms with Crippen LogP contribution >= 0.6 is 0 Å². The molecule has 4 nitrogen and oxygen atoms in total. The lowest BCUT2D eigenvalue weighted by molar-refractivity contribution is 0.0901. The minimum atomic E-state index is -0.719. The zero-order valence-electron chi connectivity index (χ0n) is 12.0. The summed E-state index contributed by atoms with van der Waals surface area (Å²) in [6.45, 7) is 7.77. The van der Waals surface area contributed by atoms with E-state index in [9.17, 15) is 5.11 Å². The van der Waals surface area contributed by atoms with Crippen molar-refractivity contribution < 1.29 is 9.84 Å². The Morgan fingerprint density at radius 2 is 1.95 bits per heavy atom. The van der Waals surface area contributed by atoms with Crippen molar-refractivity contribution >= 4 is 0 Å². The first-order valence-corrected chi connectivity index (χ1v) is 6.91. The van der Waals surface area contributed by atoms with E-state index in [1.807, 2.05) is 37.3 Å². The summed E-state index contributed by atoms with van der Waals surface area (Å²) in [4.78, 5) is 2.21. The molecule has 1 atom stereocenters. The van der Waals surface area contributed by atoms with E-state index in [-0.39, 0.29) is 6.61 Å². The van der Waals surface area contributed by atoms with E-state index < -0.39 is 5.54 Å². The molecule has 1 unspecified atom stereocenters. The second kappa shape index (κ2) is 8.27. The Bertz CT molecular complexity index is 345. The summed E-state index contributed by atoms with van der Waals surface area (Å²) in [6.07, 6.45) is 0. The first-order chi connectivity index (χ1) is 9.16. The van der Waals surface area contributed by atoms with Gasteiger partial charge in [-0.2, -0.15) is 0 Å². The molecule has 0 amide bonds. The van der Waals surface area contributed by atoms with Crippen molar-refractivity contribution in [2.75, 3.05) is 39.5 Å². The monoisotopic (exact) mass is 266 g/mol. The molecule has 1 rings (SSSR count). The second-order valence-corrected chi connectivity index (χ2v) is 4.75. The molecule has 0 fully saturated rings. The van der Waals surface area contributed by atoms with E-state index in [1.165, 1.54) is 0 Å². The Labute approximate surface area is 116 Å². The third-order valence-electron chi connectivity index (χ3n) is 3.34. The molecule has 0 aliphatic heterocycles. The number of aliphatic hydroxyl groups is 1. The third kappa shape index (κ3) is 4.91. The molecule has 0 saturated heterocycles. The number of hydrogen-bond acceptors (Lipinski definition) is 4. The largest absolute Gasteiger partial charge is 0.394 e.